The average Bonchev–Trinajstić information content (AvgIpc) is 3.19. The molecule has 1 aliphatic carbocycles. The molecule has 0 heterocycles. The zero-order valence-electron chi connectivity index (χ0n) is 10.8. The summed E-state index contributed by atoms with van der Waals surface area (Å²) in [6.45, 7) is 2.60. The second-order valence-corrected chi connectivity index (χ2v) is 6.21. The van der Waals surface area contributed by atoms with E-state index in [1.54, 1.807) is 0 Å². The van der Waals surface area contributed by atoms with Crippen LogP contribution in [-0.2, 0) is 4.74 Å². The highest BCUT2D eigenvalue weighted by Crippen LogP contribution is 2.28. The quantitative estimate of drug-likeness (QED) is 0.562. The highest BCUT2D eigenvalue weighted by atomic mass is 79.9. The van der Waals surface area contributed by atoms with Crippen LogP contribution >= 0.6 is 28.1 Å². The summed E-state index contributed by atoms with van der Waals surface area (Å²) in [4.78, 5) is 0.411. The number of halogens is 1. The van der Waals surface area contributed by atoms with Gasteiger partial charge in [0.2, 0.25) is 0 Å². The Morgan fingerprint density at radius 3 is 2.95 bits per heavy atom. The van der Waals surface area contributed by atoms with Gasteiger partial charge in [-0.3, -0.25) is 0 Å². The maximum Gasteiger partial charge on any atom is 0.106 e. The first kappa shape index (κ1) is 14.8. The van der Waals surface area contributed by atoms with E-state index in [9.17, 15) is 0 Å². The van der Waals surface area contributed by atoms with Crippen molar-refractivity contribution in [3.63, 3.8) is 0 Å². The standard InChI is InChI=1S/C14H19BrN2OS/c15-11-4-5-13(12(8-11)14(16)19)17-6-1-7-18-9-10-2-3-10/h4-5,8,10,17H,1-3,6-7,9H2,(H2,16,19). The lowest BCUT2D eigenvalue weighted by molar-refractivity contribution is 0.124. The van der Waals surface area contributed by atoms with Crippen LogP contribution in [0.1, 0.15) is 24.8 Å². The lowest BCUT2D eigenvalue weighted by atomic mass is 10.1. The van der Waals surface area contributed by atoms with E-state index in [1.165, 1.54) is 12.8 Å². The molecule has 3 nitrogen and oxygen atoms in total. The molecule has 1 aromatic carbocycles. The summed E-state index contributed by atoms with van der Waals surface area (Å²) in [6.07, 6.45) is 3.67. The van der Waals surface area contributed by atoms with E-state index in [4.69, 9.17) is 22.7 Å². The van der Waals surface area contributed by atoms with E-state index in [-0.39, 0.29) is 0 Å². The monoisotopic (exact) mass is 342 g/mol. The third-order valence-electron chi connectivity index (χ3n) is 3.08. The molecule has 0 unspecified atom stereocenters. The van der Waals surface area contributed by atoms with E-state index in [2.05, 4.69) is 21.2 Å². The third kappa shape index (κ3) is 5.09. The van der Waals surface area contributed by atoms with Crippen molar-refractivity contribution >= 4 is 38.8 Å². The van der Waals surface area contributed by atoms with Gasteiger partial charge in [0.1, 0.15) is 4.99 Å². The van der Waals surface area contributed by atoms with Crippen molar-refractivity contribution < 1.29 is 4.74 Å². The van der Waals surface area contributed by atoms with Crippen molar-refractivity contribution in [3.05, 3.63) is 28.2 Å². The Morgan fingerprint density at radius 2 is 2.26 bits per heavy atom. The maximum atomic E-state index is 5.72. The lowest BCUT2D eigenvalue weighted by Crippen LogP contribution is -2.14. The Kier molecular flexibility index (Phi) is 5.60. The number of ether oxygens (including phenoxy) is 1. The third-order valence-corrected chi connectivity index (χ3v) is 3.79. The summed E-state index contributed by atoms with van der Waals surface area (Å²) in [5, 5.41) is 3.36. The fourth-order valence-corrected chi connectivity index (χ4v) is 2.34. The van der Waals surface area contributed by atoms with Gasteiger partial charge in [-0.15, -0.1) is 0 Å². The smallest absolute Gasteiger partial charge is 0.106 e. The Morgan fingerprint density at radius 1 is 1.47 bits per heavy atom. The number of rotatable bonds is 8. The number of nitrogens with one attached hydrogen (secondary N) is 1. The Labute approximate surface area is 128 Å². The number of anilines is 1. The minimum Gasteiger partial charge on any atom is -0.389 e. The van der Waals surface area contributed by atoms with Crippen LogP contribution in [0.4, 0.5) is 5.69 Å². The molecule has 1 aromatic rings. The van der Waals surface area contributed by atoms with Gasteiger partial charge in [-0.05, 0) is 43.4 Å². The first-order valence-electron chi connectivity index (χ1n) is 6.58. The zero-order chi connectivity index (χ0) is 13.7. The number of hydrogen-bond acceptors (Lipinski definition) is 3. The van der Waals surface area contributed by atoms with Gasteiger partial charge in [0.25, 0.3) is 0 Å². The van der Waals surface area contributed by atoms with Crippen molar-refractivity contribution in [1.82, 2.24) is 0 Å². The number of thiocarbonyl (C=S) groups is 1. The van der Waals surface area contributed by atoms with Crippen LogP contribution in [0, 0.1) is 5.92 Å². The average molecular weight is 343 g/mol. The molecular weight excluding hydrogens is 324 g/mol. The number of benzene rings is 1. The summed E-state index contributed by atoms with van der Waals surface area (Å²) >= 11 is 8.48. The van der Waals surface area contributed by atoms with Gasteiger partial charge in [0.05, 0.1) is 0 Å². The van der Waals surface area contributed by atoms with Gasteiger partial charge in [0.15, 0.2) is 0 Å². The molecule has 1 saturated carbocycles. The molecular formula is C14H19BrN2OS. The van der Waals surface area contributed by atoms with Gasteiger partial charge >= 0.3 is 0 Å². The van der Waals surface area contributed by atoms with Gasteiger partial charge in [-0.2, -0.15) is 0 Å². The minimum atomic E-state index is 0.411. The Balaban J connectivity index is 1.73. The lowest BCUT2D eigenvalue weighted by Gasteiger charge is -2.11. The predicted octanol–water partition coefficient (Wildman–Crippen LogP) is 3.31. The highest BCUT2D eigenvalue weighted by Gasteiger charge is 2.20. The van der Waals surface area contributed by atoms with E-state index in [0.29, 0.717) is 4.99 Å². The van der Waals surface area contributed by atoms with Crippen LogP contribution in [-0.4, -0.2) is 24.7 Å². The molecule has 0 aromatic heterocycles. The van der Waals surface area contributed by atoms with Crippen molar-refractivity contribution in [2.24, 2.45) is 11.7 Å². The SMILES string of the molecule is NC(=S)c1cc(Br)ccc1NCCCOCC1CC1. The van der Waals surface area contributed by atoms with E-state index in [1.807, 2.05) is 18.2 Å². The normalized spacial score (nSPS) is 14.4. The summed E-state index contributed by atoms with van der Waals surface area (Å²) < 4.78 is 6.57. The van der Waals surface area contributed by atoms with E-state index < -0.39 is 0 Å². The largest absolute Gasteiger partial charge is 0.389 e. The Hall–Kier alpha value is -0.650. The van der Waals surface area contributed by atoms with Gasteiger partial charge < -0.3 is 15.8 Å². The van der Waals surface area contributed by atoms with E-state index >= 15 is 0 Å². The van der Waals surface area contributed by atoms with Crippen molar-refractivity contribution in [2.45, 2.75) is 19.3 Å². The summed E-state index contributed by atoms with van der Waals surface area (Å²) in [5.41, 5.74) is 7.58. The fraction of sp³-hybridized carbons (Fsp3) is 0.500. The highest BCUT2D eigenvalue weighted by molar-refractivity contribution is 9.10. The maximum absolute atomic E-state index is 5.72. The molecule has 104 valence electrons. The molecule has 0 aliphatic heterocycles. The second kappa shape index (κ2) is 7.22. The minimum absolute atomic E-state index is 0.411. The zero-order valence-corrected chi connectivity index (χ0v) is 13.2. The van der Waals surface area contributed by atoms with Crippen LogP contribution in [0.5, 0.6) is 0 Å². The molecule has 0 atom stereocenters. The van der Waals surface area contributed by atoms with Crippen LogP contribution < -0.4 is 11.1 Å². The van der Waals surface area contributed by atoms with E-state index in [0.717, 1.165) is 47.8 Å². The molecule has 0 bridgehead atoms. The first-order valence-corrected chi connectivity index (χ1v) is 7.78. The molecule has 0 amide bonds. The molecule has 1 aliphatic rings. The second-order valence-electron chi connectivity index (χ2n) is 4.85. The molecule has 19 heavy (non-hydrogen) atoms. The van der Waals surface area contributed by atoms with Gasteiger partial charge in [-0.1, -0.05) is 28.1 Å². The fourth-order valence-electron chi connectivity index (χ4n) is 1.81. The van der Waals surface area contributed by atoms with Crippen LogP contribution in [0.15, 0.2) is 22.7 Å². The molecule has 3 N–H and O–H groups in total. The molecule has 2 rings (SSSR count). The number of hydrogen-bond donors (Lipinski definition) is 2. The van der Waals surface area contributed by atoms with Crippen molar-refractivity contribution in [2.75, 3.05) is 25.1 Å². The van der Waals surface area contributed by atoms with Gasteiger partial charge in [-0.25, -0.2) is 0 Å². The molecule has 0 spiro atoms. The first-order chi connectivity index (χ1) is 9.16. The van der Waals surface area contributed by atoms with Crippen LogP contribution in [0.2, 0.25) is 0 Å². The summed E-state index contributed by atoms with van der Waals surface area (Å²) in [7, 11) is 0. The predicted molar refractivity (Wildman–Crippen MR) is 86.7 cm³/mol. The van der Waals surface area contributed by atoms with Crippen molar-refractivity contribution in [3.8, 4) is 0 Å². The Bertz CT molecular complexity index is 449. The summed E-state index contributed by atoms with van der Waals surface area (Å²) in [5.74, 6) is 0.834. The van der Waals surface area contributed by atoms with Gasteiger partial charge in [0, 0.05) is 35.5 Å². The van der Waals surface area contributed by atoms with Crippen molar-refractivity contribution in [1.29, 1.82) is 0 Å². The molecule has 0 radical (unpaired) electrons. The summed E-state index contributed by atoms with van der Waals surface area (Å²) in [6, 6.07) is 5.91. The van der Waals surface area contributed by atoms with Crippen LogP contribution in [0.25, 0.3) is 0 Å². The molecule has 5 heteroatoms. The molecule has 0 saturated heterocycles. The number of nitrogens with two attached hydrogens (primary N) is 1. The topological polar surface area (TPSA) is 47.3 Å². The molecule has 1 fully saturated rings. The van der Waals surface area contributed by atoms with Crippen LogP contribution in [0.3, 0.4) is 0 Å².